The molecule has 0 aliphatic carbocycles. The van der Waals surface area contributed by atoms with Gasteiger partial charge < -0.3 is 15.2 Å². The van der Waals surface area contributed by atoms with Crippen LogP contribution in [0.2, 0.25) is 0 Å². The van der Waals surface area contributed by atoms with Crippen LogP contribution in [0.15, 0.2) is 28.8 Å². The standard InChI is InChI=1S/C14H13N3O3/c1-8-4-11(17-20-8)7-15-14(19)10-3-2-9-6-13(18)16-12(9)5-10/h2-5H,6-7H2,1H3,(H,15,19)(H,16,18). The molecule has 1 aliphatic rings. The minimum atomic E-state index is -0.213. The smallest absolute Gasteiger partial charge is 0.251 e. The molecule has 3 rings (SSSR count). The zero-order valence-electron chi connectivity index (χ0n) is 10.9. The van der Waals surface area contributed by atoms with Crippen LogP contribution in [0.4, 0.5) is 5.69 Å². The van der Waals surface area contributed by atoms with Crippen molar-refractivity contribution in [1.82, 2.24) is 10.5 Å². The van der Waals surface area contributed by atoms with Crippen molar-refractivity contribution in [1.29, 1.82) is 0 Å². The summed E-state index contributed by atoms with van der Waals surface area (Å²) in [7, 11) is 0. The van der Waals surface area contributed by atoms with Gasteiger partial charge in [0.1, 0.15) is 11.5 Å². The van der Waals surface area contributed by atoms with Crippen molar-refractivity contribution in [3.8, 4) is 0 Å². The lowest BCUT2D eigenvalue weighted by atomic mass is 10.1. The highest BCUT2D eigenvalue weighted by Crippen LogP contribution is 2.23. The second kappa shape index (κ2) is 4.80. The number of hydrogen-bond donors (Lipinski definition) is 2. The Labute approximate surface area is 115 Å². The van der Waals surface area contributed by atoms with Crippen molar-refractivity contribution in [2.24, 2.45) is 0 Å². The monoisotopic (exact) mass is 271 g/mol. The molecule has 6 nitrogen and oxygen atoms in total. The topological polar surface area (TPSA) is 84.2 Å². The van der Waals surface area contributed by atoms with Crippen molar-refractivity contribution < 1.29 is 14.1 Å². The molecule has 2 heterocycles. The molecular weight excluding hydrogens is 258 g/mol. The maximum atomic E-state index is 12.0. The Kier molecular flexibility index (Phi) is 2.98. The van der Waals surface area contributed by atoms with Gasteiger partial charge in [0, 0.05) is 17.3 Å². The van der Waals surface area contributed by atoms with Gasteiger partial charge in [-0.1, -0.05) is 11.2 Å². The van der Waals surface area contributed by atoms with E-state index in [0.29, 0.717) is 35.7 Å². The predicted octanol–water partition coefficient (Wildman–Crippen LogP) is 1.41. The summed E-state index contributed by atoms with van der Waals surface area (Å²) in [6.07, 6.45) is 0.370. The Morgan fingerprint density at radius 3 is 3.05 bits per heavy atom. The Morgan fingerprint density at radius 1 is 1.45 bits per heavy atom. The van der Waals surface area contributed by atoms with Crippen molar-refractivity contribution in [2.45, 2.75) is 19.9 Å². The minimum Gasteiger partial charge on any atom is -0.361 e. The number of amides is 2. The molecule has 1 aromatic heterocycles. The Bertz CT molecular complexity index is 691. The molecule has 2 N–H and O–H groups in total. The highest BCUT2D eigenvalue weighted by atomic mass is 16.5. The number of rotatable bonds is 3. The van der Waals surface area contributed by atoms with Gasteiger partial charge >= 0.3 is 0 Å². The maximum absolute atomic E-state index is 12.0. The Morgan fingerprint density at radius 2 is 2.30 bits per heavy atom. The summed E-state index contributed by atoms with van der Waals surface area (Å²) >= 11 is 0. The zero-order chi connectivity index (χ0) is 14.1. The van der Waals surface area contributed by atoms with Gasteiger partial charge in [-0.15, -0.1) is 0 Å². The number of fused-ring (bicyclic) bond motifs is 1. The van der Waals surface area contributed by atoms with E-state index in [1.54, 1.807) is 31.2 Å². The van der Waals surface area contributed by atoms with E-state index >= 15 is 0 Å². The first kappa shape index (κ1) is 12.4. The average molecular weight is 271 g/mol. The molecule has 0 bridgehead atoms. The minimum absolute atomic E-state index is 0.0457. The van der Waals surface area contributed by atoms with E-state index in [1.807, 2.05) is 0 Å². The molecule has 0 unspecified atom stereocenters. The molecule has 102 valence electrons. The number of carbonyl (C=O) groups is 2. The molecule has 0 saturated heterocycles. The molecule has 2 aromatic rings. The number of aryl methyl sites for hydroxylation is 1. The highest BCUT2D eigenvalue weighted by molar-refractivity contribution is 6.02. The molecule has 1 aliphatic heterocycles. The van der Waals surface area contributed by atoms with Gasteiger partial charge in [0.05, 0.1) is 13.0 Å². The van der Waals surface area contributed by atoms with Crippen LogP contribution in [-0.4, -0.2) is 17.0 Å². The van der Waals surface area contributed by atoms with Crippen molar-refractivity contribution in [2.75, 3.05) is 5.32 Å². The fraction of sp³-hybridized carbons (Fsp3) is 0.214. The molecule has 0 saturated carbocycles. The van der Waals surface area contributed by atoms with Crippen LogP contribution >= 0.6 is 0 Å². The van der Waals surface area contributed by atoms with Crippen molar-refractivity contribution in [3.63, 3.8) is 0 Å². The fourth-order valence-corrected chi connectivity index (χ4v) is 2.13. The van der Waals surface area contributed by atoms with Crippen LogP contribution in [0.1, 0.15) is 27.4 Å². The predicted molar refractivity (Wildman–Crippen MR) is 71.2 cm³/mol. The lowest BCUT2D eigenvalue weighted by Gasteiger charge is -2.05. The van der Waals surface area contributed by atoms with Gasteiger partial charge in [-0.2, -0.15) is 0 Å². The lowest BCUT2D eigenvalue weighted by molar-refractivity contribution is -0.115. The van der Waals surface area contributed by atoms with E-state index in [-0.39, 0.29) is 11.8 Å². The average Bonchev–Trinajstić information content (AvgIpc) is 2.99. The summed E-state index contributed by atoms with van der Waals surface area (Å²) in [5, 5.41) is 9.28. The molecule has 2 amide bonds. The van der Waals surface area contributed by atoms with E-state index in [4.69, 9.17) is 4.52 Å². The zero-order valence-corrected chi connectivity index (χ0v) is 10.9. The normalized spacial score (nSPS) is 12.9. The molecule has 6 heteroatoms. The van der Waals surface area contributed by atoms with Gasteiger partial charge in [-0.3, -0.25) is 9.59 Å². The van der Waals surface area contributed by atoms with Gasteiger partial charge in [-0.25, -0.2) is 0 Å². The molecular formula is C14H13N3O3. The van der Waals surface area contributed by atoms with E-state index in [1.165, 1.54) is 0 Å². The van der Waals surface area contributed by atoms with Crippen LogP contribution < -0.4 is 10.6 Å². The number of hydrogen-bond acceptors (Lipinski definition) is 4. The summed E-state index contributed by atoms with van der Waals surface area (Å²) in [5.41, 5.74) is 2.80. The quantitative estimate of drug-likeness (QED) is 0.884. The molecule has 20 heavy (non-hydrogen) atoms. The number of benzene rings is 1. The van der Waals surface area contributed by atoms with E-state index in [9.17, 15) is 9.59 Å². The van der Waals surface area contributed by atoms with Gasteiger partial charge in [0.15, 0.2) is 0 Å². The molecule has 0 fully saturated rings. The second-order valence-electron chi connectivity index (χ2n) is 4.71. The molecule has 1 aromatic carbocycles. The third kappa shape index (κ3) is 2.40. The van der Waals surface area contributed by atoms with Crippen molar-refractivity contribution in [3.05, 3.63) is 46.8 Å². The first-order valence-corrected chi connectivity index (χ1v) is 6.25. The largest absolute Gasteiger partial charge is 0.361 e. The fourth-order valence-electron chi connectivity index (χ4n) is 2.13. The third-order valence-corrected chi connectivity index (χ3v) is 3.10. The number of nitrogens with zero attached hydrogens (tertiary/aromatic N) is 1. The van der Waals surface area contributed by atoms with Crippen LogP contribution in [0.5, 0.6) is 0 Å². The molecule has 0 atom stereocenters. The number of anilines is 1. The van der Waals surface area contributed by atoms with Gasteiger partial charge in [0.2, 0.25) is 5.91 Å². The van der Waals surface area contributed by atoms with Crippen LogP contribution in [0.25, 0.3) is 0 Å². The Hall–Kier alpha value is -2.63. The summed E-state index contributed by atoms with van der Waals surface area (Å²) < 4.78 is 4.93. The Balaban J connectivity index is 1.69. The summed E-state index contributed by atoms with van der Waals surface area (Å²) in [4.78, 5) is 23.3. The van der Waals surface area contributed by atoms with E-state index in [0.717, 1.165) is 5.56 Å². The maximum Gasteiger partial charge on any atom is 0.251 e. The summed E-state index contributed by atoms with van der Waals surface area (Å²) in [6.45, 7) is 2.10. The first-order valence-electron chi connectivity index (χ1n) is 6.25. The van der Waals surface area contributed by atoms with Crippen LogP contribution in [0.3, 0.4) is 0 Å². The van der Waals surface area contributed by atoms with Gasteiger partial charge in [0.25, 0.3) is 5.91 Å². The lowest BCUT2D eigenvalue weighted by Crippen LogP contribution is -2.23. The van der Waals surface area contributed by atoms with Crippen LogP contribution in [-0.2, 0) is 17.8 Å². The third-order valence-electron chi connectivity index (χ3n) is 3.10. The number of nitrogens with one attached hydrogen (secondary N) is 2. The van der Waals surface area contributed by atoms with Gasteiger partial charge in [-0.05, 0) is 24.6 Å². The van der Waals surface area contributed by atoms with E-state index < -0.39 is 0 Å². The highest BCUT2D eigenvalue weighted by Gasteiger charge is 2.19. The summed E-state index contributed by atoms with van der Waals surface area (Å²) in [6, 6.07) is 6.96. The van der Waals surface area contributed by atoms with Crippen molar-refractivity contribution >= 4 is 17.5 Å². The number of aromatic nitrogens is 1. The number of carbonyl (C=O) groups excluding carboxylic acids is 2. The van der Waals surface area contributed by atoms with E-state index in [2.05, 4.69) is 15.8 Å². The molecule has 0 radical (unpaired) electrons. The first-order chi connectivity index (χ1) is 9.61. The molecule has 0 spiro atoms. The van der Waals surface area contributed by atoms with Crippen LogP contribution in [0, 0.1) is 6.92 Å². The second-order valence-corrected chi connectivity index (χ2v) is 4.71. The summed E-state index contributed by atoms with van der Waals surface area (Å²) in [5.74, 6) is 0.444. The SMILES string of the molecule is Cc1cc(CNC(=O)c2ccc3c(c2)NC(=O)C3)no1.